The summed E-state index contributed by atoms with van der Waals surface area (Å²) < 4.78 is 46.1. The van der Waals surface area contributed by atoms with E-state index in [4.69, 9.17) is 4.74 Å². The number of ether oxygens (including phenoxy) is 1. The Hall–Kier alpha value is -3.58. The number of nitrogens with one attached hydrogen (secondary N) is 1. The Morgan fingerprint density at radius 2 is 1.51 bits per heavy atom. The van der Waals surface area contributed by atoms with Crippen LogP contribution in [0.3, 0.4) is 0 Å². The molecule has 4 aromatic rings. The predicted molar refractivity (Wildman–Crippen MR) is 132 cm³/mol. The van der Waals surface area contributed by atoms with Gasteiger partial charge in [0.25, 0.3) is 0 Å². The van der Waals surface area contributed by atoms with E-state index < -0.39 is 29.0 Å². The first-order chi connectivity index (χ1) is 16.9. The van der Waals surface area contributed by atoms with E-state index in [0.717, 1.165) is 40.2 Å². The Labute approximate surface area is 205 Å². The third kappa shape index (κ3) is 5.25. The zero-order valence-electron chi connectivity index (χ0n) is 18.9. The average Bonchev–Trinajstić information content (AvgIpc) is 3.64. The molecule has 1 aliphatic rings. The molecule has 0 saturated heterocycles. The molecule has 0 radical (unpaired) electrons. The van der Waals surface area contributed by atoms with Crippen LogP contribution in [0.1, 0.15) is 42.9 Å². The molecule has 0 spiro atoms. The van der Waals surface area contributed by atoms with E-state index in [-0.39, 0.29) is 5.69 Å². The second kappa shape index (κ2) is 9.58. The van der Waals surface area contributed by atoms with E-state index in [9.17, 15) is 18.0 Å². The van der Waals surface area contributed by atoms with Crippen molar-refractivity contribution in [3.63, 3.8) is 0 Å². The van der Waals surface area contributed by atoms with Gasteiger partial charge in [0.1, 0.15) is 6.10 Å². The van der Waals surface area contributed by atoms with Crippen LogP contribution in [0, 0.1) is 16.8 Å². The lowest BCUT2D eigenvalue weighted by Crippen LogP contribution is -2.16. The molecule has 1 heterocycles. The van der Waals surface area contributed by atoms with Crippen LogP contribution in [0.2, 0.25) is 0 Å². The topological polar surface area (TPSA) is 38.3 Å². The molecule has 35 heavy (non-hydrogen) atoms. The largest absolute Gasteiger partial charge is 0.441 e. The summed E-state index contributed by atoms with van der Waals surface area (Å²) in [5, 5.41) is 2.11. The average molecular weight is 494 g/mol. The van der Waals surface area contributed by atoms with Crippen LogP contribution in [-0.2, 0) is 4.74 Å². The molecule has 1 aliphatic carbocycles. The summed E-state index contributed by atoms with van der Waals surface area (Å²) in [4.78, 5) is 13.0. The Kier molecular flexibility index (Phi) is 6.34. The number of hydrogen-bond donors (Lipinski definition) is 1. The maximum Gasteiger partial charge on any atom is 0.412 e. The fraction of sp³-hybridized carbons (Fsp3) is 0.179. The van der Waals surface area contributed by atoms with Gasteiger partial charge in [-0.1, -0.05) is 54.6 Å². The second-order valence-corrected chi connectivity index (χ2v) is 9.62. The minimum atomic E-state index is -1.03. The molecule has 178 valence electrons. The number of halogens is 3. The highest BCUT2D eigenvalue weighted by atomic mass is 32.1. The molecule has 1 unspecified atom stereocenters. The number of anilines is 1. The lowest BCUT2D eigenvalue weighted by molar-refractivity contribution is 0.121. The molecule has 3 nitrogen and oxygen atoms in total. The van der Waals surface area contributed by atoms with Gasteiger partial charge in [0.15, 0.2) is 16.8 Å². The third-order valence-electron chi connectivity index (χ3n) is 6.08. The highest BCUT2D eigenvalue weighted by molar-refractivity contribution is 7.14. The molecule has 7 heteroatoms. The first kappa shape index (κ1) is 23.2. The molecule has 0 bridgehead atoms. The number of carbonyl (C=O) groups is 1. The number of thiophene rings is 1. The van der Waals surface area contributed by atoms with Gasteiger partial charge in [0, 0.05) is 6.07 Å². The molecular formula is C28H22F3NO2S. The van der Waals surface area contributed by atoms with Gasteiger partial charge in [-0.05, 0) is 65.6 Å². The summed E-state index contributed by atoms with van der Waals surface area (Å²) in [6.07, 6.45) is 0.870. The maximum atomic E-state index is 14.1. The van der Waals surface area contributed by atoms with Crippen LogP contribution in [0.15, 0.2) is 72.8 Å². The Morgan fingerprint density at radius 3 is 2.14 bits per heavy atom. The van der Waals surface area contributed by atoms with Crippen molar-refractivity contribution in [3.8, 4) is 21.6 Å². The quantitative estimate of drug-likeness (QED) is 0.292. The van der Waals surface area contributed by atoms with Crippen LogP contribution in [0.25, 0.3) is 21.6 Å². The molecule has 1 aromatic heterocycles. The van der Waals surface area contributed by atoms with E-state index in [1.807, 2.05) is 24.3 Å². The van der Waals surface area contributed by atoms with Crippen LogP contribution >= 0.6 is 11.3 Å². The van der Waals surface area contributed by atoms with Gasteiger partial charge in [-0.15, -0.1) is 11.3 Å². The number of amides is 1. The molecule has 1 atom stereocenters. The van der Waals surface area contributed by atoms with E-state index in [1.165, 1.54) is 37.5 Å². The fourth-order valence-corrected chi connectivity index (χ4v) is 4.83. The van der Waals surface area contributed by atoms with Crippen molar-refractivity contribution in [3.05, 3.63) is 101 Å². The van der Waals surface area contributed by atoms with Crippen LogP contribution in [0.4, 0.5) is 23.7 Å². The standard InChI is InChI=1S/C28H22F3NO2S/c1-16(22-12-13-23(29)24(30)14-22)34-28(33)32-25-15-26(31)35-27(25)21-10-8-20(9-11-21)19-6-4-18(5-7-19)17-2-3-17/h4-17H,2-3H2,1H3,(H,32,33). The van der Waals surface area contributed by atoms with Gasteiger partial charge in [0.05, 0.1) is 10.6 Å². The molecule has 3 aromatic carbocycles. The number of hydrogen-bond acceptors (Lipinski definition) is 3. The summed E-state index contributed by atoms with van der Waals surface area (Å²) in [6.45, 7) is 1.54. The van der Waals surface area contributed by atoms with E-state index in [0.29, 0.717) is 16.4 Å². The molecule has 1 fully saturated rings. The monoisotopic (exact) mass is 493 g/mol. The summed E-state index contributed by atoms with van der Waals surface area (Å²) in [7, 11) is 0. The lowest BCUT2D eigenvalue weighted by Gasteiger charge is -2.15. The molecular weight excluding hydrogens is 471 g/mol. The summed E-state index contributed by atoms with van der Waals surface area (Å²) in [6, 6.07) is 20.8. The summed E-state index contributed by atoms with van der Waals surface area (Å²) >= 11 is 0.914. The van der Waals surface area contributed by atoms with Crippen molar-refractivity contribution < 1.29 is 22.7 Å². The van der Waals surface area contributed by atoms with Gasteiger partial charge < -0.3 is 4.74 Å². The molecule has 5 rings (SSSR count). The lowest BCUT2D eigenvalue weighted by atomic mass is 10.0. The van der Waals surface area contributed by atoms with Gasteiger partial charge in [0.2, 0.25) is 0 Å². The third-order valence-corrected chi connectivity index (χ3v) is 7.05. The number of carbonyl (C=O) groups excluding carboxylic acids is 1. The SMILES string of the molecule is CC(OC(=O)Nc1cc(F)sc1-c1ccc(-c2ccc(C3CC3)cc2)cc1)c1ccc(F)c(F)c1. The zero-order chi connectivity index (χ0) is 24.5. The van der Waals surface area contributed by atoms with Crippen molar-refractivity contribution in [1.29, 1.82) is 0 Å². The smallest absolute Gasteiger partial charge is 0.412 e. The van der Waals surface area contributed by atoms with Crippen LogP contribution in [0.5, 0.6) is 0 Å². The van der Waals surface area contributed by atoms with Crippen molar-refractivity contribution in [2.24, 2.45) is 0 Å². The first-order valence-electron chi connectivity index (χ1n) is 11.3. The van der Waals surface area contributed by atoms with Crippen molar-refractivity contribution >= 4 is 23.1 Å². The van der Waals surface area contributed by atoms with Gasteiger partial charge >= 0.3 is 6.09 Å². The Balaban J connectivity index is 1.29. The Bertz CT molecular complexity index is 1360. The van der Waals surface area contributed by atoms with Crippen molar-refractivity contribution in [2.45, 2.75) is 31.8 Å². The summed E-state index contributed by atoms with van der Waals surface area (Å²) in [5.74, 6) is -1.30. The van der Waals surface area contributed by atoms with E-state index >= 15 is 0 Å². The second-order valence-electron chi connectivity index (χ2n) is 8.61. The minimum Gasteiger partial charge on any atom is -0.441 e. The highest BCUT2D eigenvalue weighted by Crippen LogP contribution is 2.41. The highest BCUT2D eigenvalue weighted by Gasteiger charge is 2.23. The molecule has 1 N–H and O–H groups in total. The maximum absolute atomic E-state index is 14.1. The van der Waals surface area contributed by atoms with Gasteiger partial charge in [-0.2, -0.15) is 4.39 Å². The van der Waals surface area contributed by atoms with Crippen molar-refractivity contribution in [2.75, 3.05) is 5.32 Å². The minimum absolute atomic E-state index is 0.275. The van der Waals surface area contributed by atoms with Gasteiger partial charge in [-0.3, -0.25) is 5.32 Å². The van der Waals surface area contributed by atoms with E-state index in [2.05, 4.69) is 29.6 Å². The predicted octanol–water partition coefficient (Wildman–Crippen LogP) is 8.69. The molecule has 0 aliphatic heterocycles. The molecule has 1 amide bonds. The molecule has 1 saturated carbocycles. The normalized spacial score (nSPS) is 13.9. The number of rotatable bonds is 6. The Morgan fingerprint density at radius 1 is 0.886 bits per heavy atom. The number of benzene rings is 3. The van der Waals surface area contributed by atoms with Crippen LogP contribution < -0.4 is 5.32 Å². The zero-order valence-corrected chi connectivity index (χ0v) is 19.7. The van der Waals surface area contributed by atoms with E-state index in [1.54, 1.807) is 0 Å². The first-order valence-corrected chi connectivity index (χ1v) is 12.1. The fourth-order valence-electron chi connectivity index (χ4n) is 3.98. The van der Waals surface area contributed by atoms with Crippen LogP contribution in [-0.4, -0.2) is 6.09 Å². The van der Waals surface area contributed by atoms with Gasteiger partial charge in [-0.25, -0.2) is 13.6 Å². The van der Waals surface area contributed by atoms with Crippen molar-refractivity contribution in [1.82, 2.24) is 0 Å². The summed E-state index contributed by atoms with van der Waals surface area (Å²) in [5.41, 5.74) is 4.85.